The van der Waals surface area contributed by atoms with Crippen molar-refractivity contribution in [3.05, 3.63) is 23.9 Å². The number of piperidine rings is 1. The lowest BCUT2D eigenvalue weighted by Gasteiger charge is -2.40. The lowest BCUT2D eigenvalue weighted by Crippen LogP contribution is -2.45. The number of nitrogens with zero attached hydrogens (tertiary/aromatic N) is 3. The Labute approximate surface area is 151 Å². The highest BCUT2D eigenvalue weighted by Crippen LogP contribution is 2.40. The Bertz CT molecular complexity index is 677. The summed E-state index contributed by atoms with van der Waals surface area (Å²) in [7, 11) is -1.25. The van der Waals surface area contributed by atoms with E-state index < -0.39 is 9.84 Å². The second-order valence-corrected chi connectivity index (χ2v) is 9.78. The highest BCUT2D eigenvalue weighted by Gasteiger charge is 2.41. The monoisotopic (exact) mass is 367 g/mol. The van der Waals surface area contributed by atoms with Crippen molar-refractivity contribution < 1.29 is 13.2 Å². The Kier molecular flexibility index (Phi) is 5.65. The summed E-state index contributed by atoms with van der Waals surface area (Å²) in [6.45, 7) is 6.17. The summed E-state index contributed by atoms with van der Waals surface area (Å²) < 4.78 is 28.0. The van der Waals surface area contributed by atoms with Crippen LogP contribution in [0, 0.1) is 5.41 Å². The highest BCUT2D eigenvalue weighted by atomic mass is 32.2. The molecule has 1 atom stereocenters. The Morgan fingerprint density at radius 2 is 2.08 bits per heavy atom. The van der Waals surface area contributed by atoms with Crippen molar-refractivity contribution in [2.75, 3.05) is 57.6 Å². The molecule has 6 nitrogen and oxygen atoms in total. The molecular weight excluding hydrogens is 338 g/mol. The normalized spacial score (nSPS) is 25.0. The first-order valence-electron chi connectivity index (χ1n) is 8.98. The van der Waals surface area contributed by atoms with Crippen molar-refractivity contribution in [1.29, 1.82) is 0 Å². The third-order valence-electron chi connectivity index (χ3n) is 5.35. The first kappa shape index (κ1) is 18.6. The van der Waals surface area contributed by atoms with Crippen molar-refractivity contribution in [2.45, 2.75) is 25.0 Å². The largest absolute Gasteiger partial charge is 0.383 e. The maximum absolute atomic E-state index is 11.4. The molecule has 3 heterocycles. The summed E-state index contributed by atoms with van der Waals surface area (Å²) >= 11 is 0. The number of likely N-dealkylation sites (tertiary alicyclic amines) is 1. The van der Waals surface area contributed by atoms with Gasteiger partial charge in [0.25, 0.3) is 0 Å². The number of sulfone groups is 1. The zero-order valence-electron chi connectivity index (χ0n) is 15.3. The van der Waals surface area contributed by atoms with Gasteiger partial charge in [-0.3, -0.25) is 0 Å². The molecule has 0 bridgehead atoms. The SMILES string of the molecule is COCCN1CCC[C@]2(CCN(c3ccc(CS(C)(=O)=O)cn3)C2)C1. The molecule has 1 spiro atoms. The molecule has 2 fully saturated rings. The third kappa shape index (κ3) is 4.92. The van der Waals surface area contributed by atoms with Gasteiger partial charge in [-0.25, -0.2) is 13.4 Å². The molecule has 0 N–H and O–H groups in total. The van der Waals surface area contributed by atoms with Crippen molar-refractivity contribution in [2.24, 2.45) is 5.41 Å². The average Bonchev–Trinajstić information content (AvgIpc) is 2.95. The highest BCUT2D eigenvalue weighted by molar-refractivity contribution is 7.89. The smallest absolute Gasteiger partial charge is 0.151 e. The van der Waals surface area contributed by atoms with Gasteiger partial charge in [-0.05, 0) is 37.4 Å². The summed E-state index contributed by atoms with van der Waals surface area (Å²) in [5.41, 5.74) is 1.11. The van der Waals surface area contributed by atoms with Crippen molar-refractivity contribution in [1.82, 2.24) is 9.88 Å². The number of ether oxygens (including phenoxy) is 1. The van der Waals surface area contributed by atoms with Crippen LogP contribution in [0.15, 0.2) is 18.3 Å². The fourth-order valence-corrected chi connectivity index (χ4v) is 4.95. The maximum atomic E-state index is 11.4. The van der Waals surface area contributed by atoms with Gasteiger partial charge in [-0.15, -0.1) is 0 Å². The summed E-state index contributed by atoms with van der Waals surface area (Å²) in [5, 5.41) is 0. The lowest BCUT2D eigenvalue weighted by molar-refractivity contribution is 0.0756. The van der Waals surface area contributed by atoms with E-state index in [9.17, 15) is 8.42 Å². The molecule has 1 aromatic rings. The molecule has 25 heavy (non-hydrogen) atoms. The molecule has 1 aromatic heterocycles. The van der Waals surface area contributed by atoms with Crippen LogP contribution in [0.5, 0.6) is 0 Å². The third-order valence-corrected chi connectivity index (χ3v) is 6.21. The predicted octanol–water partition coefficient (Wildman–Crippen LogP) is 1.56. The maximum Gasteiger partial charge on any atom is 0.151 e. The molecular formula is C18H29N3O3S. The fraction of sp³-hybridized carbons (Fsp3) is 0.722. The molecule has 0 unspecified atom stereocenters. The van der Waals surface area contributed by atoms with Crippen LogP contribution in [0.1, 0.15) is 24.8 Å². The Balaban J connectivity index is 1.62. The Hall–Kier alpha value is -1.18. The minimum absolute atomic E-state index is 0.0542. The molecule has 0 amide bonds. The number of hydrogen-bond acceptors (Lipinski definition) is 6. The minimum Gasteiger partial charge on any atom is -0.383 e. The average molecular weight is 368 g/mol. The zero-order chi connectivity index (χ0) is 17.9. The Morgan fingerprint density at radius 3 is 2.76 bits per heavy atom. The molecule has 7 heteroatoms. The van der Waals surface area contributed by atoms with E-state index in [1.807, 2.05) is 12.1 Å². The van der Waals surface area contributed by atoms with E-state index in [0.717, 1.165) is 44.2 Å². The van der Waals surface area contributed by atoms with Gasteiger partial charge in [-0.2, -0.15) is 0 Å². The van der Waals surface area contributed by atoms with Crippen LogP contribution in [-0.4, -0.2) is 71.0 Å². The van der Waals surface area contributed by atoms with Crippen LogP contribution < -0.4 is 4.90 Å². The van der Waals surface area contributed by atoms with Gasteiger partial charge >= 0.3 is 0 Å². The number of methoxy groups -OCH3 is 1. The quantitative estimate of drug-likeness (QED) is 0.760. The molecule has 140 valence electrons. The standard InChI is InChI=1S/C18H29N3O3S/c1-24-11-10-20-8-3-6-18(14-20)7-9-21(15-18)17-5-4-16(12-19-17)13-25(2,22)23/h4-5,12H,3,6-11,13-15H2,1-2H3/t18-/m0/s1. The molecule has 2 saturated heterocycles. The van der Waals surface area contributed by atoms with Gasteiger partial charge in [0.2, 0.25) is 0 Å². The van der Waals surface area contributed by atoms with E-state index in [0.29, 0.717) is 5.41 Å². The summed E-state index contributed by atoms with van der Waals surface area (Å²) in [6.07, 6.45) is 6.68. The summed E-state index contributed by atoms with van der Waals surface area (Å²) in [6, 6.07) is 3.85. The van der Waals surface area contributed by atoms with Crippen LogP contribution in [0.2, 0.25) is 0 Å². The minimum atomic E-state index is -3.01. The summed E-state index contributed by atoms with van der Waals surface area (Å²) in [4.78, 5) is 9.40. The van der Waals surface area contributed by atoms with Crippen molar-refractivity contribution in [3.8, 4) is 0 Å². The van der Waals surface area contributed by atoms with Gasteiger partial charge in [0.05, 0.1) is 12.4 Å². The van der Waals surface area contributed by atoms with Gasteiger partial charge in [0, 0.05) is 51.2 Å². The van der Waals surface area contributed by atoms with E-state index in [1.165, 1.54) is 32.1 Å². The van der Waals surface area contributed by atoms with Crippen LogP contribution >= 0.6 is 0 Å². The molecule has 2 aliphatic heterocycles. The lowest BCUT2D eigenvalue weighted by atomic mass is 9.79. The van der Waals surface area contributed by atoms with Crippen molar-refractivity contribution >= 4 is 15.7 Å². The van der Waals surface area contributed by atoms with Gasteiger partial charge in [0.1, 0.15) is 5.82 Å². The zero-order valence-corrected chi connectivity index (χ0v) is 16.1. The number of pyridine rings is 1. The second kappa shape index (κ2) is 7.60. The topological polar surface area (TPSA) is 62.7 Å². The number of aromatic nitrogens is 1. The number of rotatable bonds is 6. The predicted molar refractivity (Wildman–Crippen MR) is 99.6 cm³/mol. The van der Waals surface area contributed by atoms with E-state index in [1.54, 1.807) is 13.3 Å². The first-order chi connectivity index (χ1) is 11.9. The molecule has 0 aliphatic carbocycles. The van der Waals surface area contributed by atoms with E-state index in [-0.39, 0.29) is 5.75 Å². The first-order valence-corrected chi connectivity index (χ1v) is 11.0. The number of hydrogen-bond donors (Lipinski definition) is 0. The van der Waals surface area contributed by atoms with Crippen molar-refractivity contribution in [3.63, 3.8) is 0 Å². The van der Waals surface area contributed by atoms with Crippen LogP contribution in [-0.2, 0) is 20.3 Å². The Morgan fingerprint density at radius 1 is 1.24 bits per heavy atom. The van der Waals surface area contributed by atoms with Crippen LogP contribution in [0.25, 0.3) is 0 Å². The van der Waals surface area contributed by atoms with Crippen LogP contribution in [0.4, 0.5) is 5.82 Å². The second-order valence-electron chi connectivity index (χ2n) is 7.64. The molecule has 3 rings (SSSR count). The molecule has 0 saturated carbocycles. The van der Waals surface area contributed by atoms with Gasteiger partial charge in [0.15, 0.2) is 9.84 Å². The molecule has 0 radical (unpaired) electrons. The fourth-order valence-electron chi connectivity index (χ4n) is 4.18. The van der Waals surface area contributed by atoms with E-state index in [4.69, 9.17) is 4.74 Å². The van der Waals surface area contributed by atoms with Crippen LogP contribution in [0.3, 0.4) is 0 Å². The number of anilines is 1. The van der Waals surface area contributed by atoms with E-state index in [2.05, 4.69) is 14.8 Å². The van der Waals surface area contributed by atoms with Gasteiger partial charge < -0.3 is 14.5 Å². The molecule has 0 aromatic carbocycles. The summed E-state index contributed by atoms with van der Waals surface area (Å²) in [5.74, 6) is 1.02. The van der Waals surface area contributed by atoms with Gasteiger partial charge in [-0.1, -0.05) is 6.07 Å². The molecule has 2 aliphatic rings. The van der Waals surface area contributed by atoms with E-state index >= 15 is 0 Å².